The summed E-state index contributed by atoms with van der Waals surface area (Å²) in [6, 6.07) is 8.17. The van der Waals surface area contributed by atoms with Gasteiger partial charge in [0.05, 0.1) is 5.69 Å². The van der Waals surface area contributed by atoms with Crippen LogP contribution >= 0.6 is 0 Å². The molecule has 1 aliphatic rings. The van der Waals surface area contributed by atoms with Crippen molar-refractivity contribution in [1.82, 2.24) is 15.4 Å². The van der Waals surface area contributed by atoms with Gasteiger partial charge < -0.3 is 19.8 Å². The van der Waals surface area contributed by atoms with Crippen molar-refractivity contribution in [2.75, 3.05) is 13.1 Å². The summed E-state index contributed by atoms with van der Waals surface area (Å²) in [7, 11) is 0. The lowest BCUT2D eigenvalue weighted by Gasteiger charge is -2.38. The third-order valence-corrected chi connectivity index (χ3v) is 4.42. The van der Waals surface area contributed by atoms with Gasteiger partial charge in [0.1, 0.15) is 11.6 Å². The number of aliphatic hydroxyl groups is 1. The molecule has 0 unspecified atom stereocenters. The molecule has 1 saturated heterocycles. The summed E-state index contributed by atoms with van der Waals surface area (Å²) in [5, 5.41) is 17.7. The fraction of sp³-hybridized carbons (Fsp3) is 0.444. The summed E-state index contributed by atoms with van der Waals surface area (Å²) in [5.74, 6) is -0.00454. The van der Waals surface area contributed by atoms with Crippen molar-refractivity contribution in [3.05, 3.63) is 53.2 Å². The van der Waals surface area contributed by atoms with Crippen molar-refractivity contribution < 1.29 is 18.8 Å². The minimum Gasteiger partial charge on any atom is -0.379 e. The average molecular weight is 347 g/mol. The second kappa shape index (κ2) is 7.33. The van der Waals surface area contributed by atoms with Crippen LogP contribution in [0.15, 0.2) is 34.9 Å². The summed E-state index contributed by atoms with van der Waals surface area (Å²) in [4.78, 5) is 14.2. The number of piperidine rings is 1. The topological polar surface area (TPSA) is 78.6 Å². The molecule has 1 amide bonds. The van der Waals surface area contributed by atoms with Gasteiger partial charge in [-0.15, -0.1) is 0 Å². The standard InChI is InChI=1S/C18H22FN3O3/c1-13-9-15(21-25-13)10-20-12-18(24)7-4-8-22(17(18)23)11-14-5-2-3-6-16(14)19/h2-3,5-6,9,20,24H,4,7-8,10-12H2,1H3/t18-/m1/s1. The number of hydrogen-bond donors (Lipinski definition) is 2. The number of carbonyl (C=O) groups excluding carboxylic acids is 1. The molecule has 1 atom stereocenters. The number of benzene rings is 1. The first kappa shape index (κ1) is 17.6. The van der Waals surface area contributed by atoms with Gasteiger partial charge in [0.15, 0.2) is 5.60 Å². The highest BCUT2D eigenvalue weighted by Gasteiger charge is 2.41. The van der Waals surface area contributed by atoms with Gasteiger partial charge in [0.2, 0.25) is 0 Å². The second-order valence-corrected chi connectivity index (χ2v) is 6.49. The van der Waals surface area contributed by atoms with Crippen molar-refractivity contribution in [1.29, 1.82) is 0 Å². The van der Waals surface area contributed by atoms with Crippen LogP contribution in [-0.2, 0) is 17.9 Å². The zero-order valence-electron chi connectivity index (χ0n) is 14.2. The van der Waals surface area contributed by atoms with Crippen molar-refractivity contribution in [2.24, 2.45) is 0 Å². The van der Waals surface area contributed by atoms with Gasteiger partial charge in [0.25, 0.3) is 5.91 Å². The van der Waals surface area contributed by atoms with E-state index >= 15 is 0 Å². The van der Waals surface area contributed by atoms with E-state index in [-0.39, 0.29) is 24.8 Å². The van der Waals surface area contributed by atoms with Gasteiger partial charge in [-0.25, -0.2) is 4.39 Å². The van der Waals surface area contributed by atoms with Gasteiger partial charge in [-0.1, -0.05) is 23.4 Å². The first-order valence-corrected chi connectivity index (χ1v) is 8.36. The summed E-state index contributed by atoms with van der Waals surface area (Å²) in [5.41, 5.74) is -0.318. The predicted octanol–water partition coefficient (Wildman–Crippen LogP) is 1.77. The molecule has 6 nitrogen and oxygen atoms in total. The smallest absolute Gasteiger partial charge is 0.256 e. The molecular weight excluding hydrogens is 325 g/mol. The number of nitrogens with one attached hydrogen (secondary N) is 1. The first-order chi connectivity index (χ1) is 12.0. The number of aromatic nitrogens is 1. The highest BCUT2D eigenvalue weighted by Crippen LogP contribution is 2.24. The number of nitrogens with zero attached hydrogens (tertiary/aromatic N) is 2. The Bertz CT molecular complexity index is 749. The molecule has 0 radical (unpaired) electrons. The molecule has 25 heavy (non-hydrogen) atoms. The number of rotatable bonds is 6. The minimum atomic E-state index is -1.48. The highest BCUT2D eigenvalue weighted by atomic mass is 19.1. The molecule has 7 heteroatoms. The molecule has 0 saturated carbocycles. The van der Waals surface area contributed by atoms with Crippen LogP contribution in [0.3, 0.4) is 0 Å². The maximum atomic E-state index is 13.8. The fourth-order valence-corrected chi connectivity index (χ4v) is 3.11. The van der Waals surface area contributed by atoms with Crippen LogP contribution in [0.1, 0.15) is 29.9 Å². The SMILES string of the molecule is Cc1cc(CNC[C@]2(O)CCCN(Cc3ccccc3F)C2=O)no1. The molecular formula is C18H22FN3O3. The molecule has 0 aliphatic carbocycles. The Morgan fingerprint density at radius 3 is 2.96 bits per heavy atom. The summed E-state index contributed by atoms with van der Waals surface area (Å²) in [6.45, 7) is 3.00. The maximum absolute atomic E-state index is 13.8. The van der Waals surface area contributed by atoms with Crippen LogP contribution < -0.4 is 5.32 Å². The summed E-state index contributed by atoms with van der Waals surface area (Å²) >= 11 is 0. The van der Waals surface area contributed by atoms with Crippen LogP contribution in [0.4, 0.5) is 4.39 Å². The molecule has 1 aromatic carbocycles. The van der Waals surface area contributed by atoms with Crippen molar-refractivity contribution >= 4 is 5.91 Å². The van der Waals surface area contributed by atoms with Gasteiger partial charge >= 0.3 is 0 Å². The number of aryl methyl sites for hydroxylation is 1. The van der Waals surface area contributed by atoms with Crippen LogP contribution in [0.2, 0.25) is 0 Å². The lowest BCUT2D eigenvalue weighted by molar-refractivity contribution is -0.157. The van der Waals surface area contributed by atoms with Crippen molar-refractivity contribution in [3.63, 3.8) is 0 Å². The molecule has 0 spiro atoms. The maximum Gasteiger partial charge on any atom is 0.256 e. The highest BCUT2D eigenvalue weighted by molar-refractivity contribution is 5.86. The Morgan fingerprint density at radius 2 is 2.24 bits per heavy atom. The van der Waals surface area contributed by atoms with Gasteiger partial charge in [-0.3, -0.25) is 4.79 Å². The quantitative estimate of drug-likeness (QED) is 0.833. The molecule has 3 rings (SSSR count). The van der Waals surface area contributed by atoms with E-state index in [9.17, 15) is 14.3 Å². The molecule has 1 aromatic heterocycles. The molecule has 2 N–H and O–H groups in total. The Balaban J connectivity index is 1.61. The zero-order chi connectivity index (χ0) is 17.9. The molecule has 0 bridgehead atoms. The Morgan fingerprint density at radius 1 is 1.44 bits per heavy atom. The predicted molar refractivity (Wildman–Crippen MR) is 88.9 cm³/mol. The number of likely N-dealkylation sites (tertiary alicyclic amines) is 1. The van der Waals surface area contributed by atoms with Crippen LogP contribution in [-0.4, -0.2) is 39.8 Å². The molecule has 134 valence electrons. The number of halogens is 1. The third kappa shape index (κ3) is 4.05. The monoisotopic (exact) mass is 347 g/mol. The van der Waals surface area contributed by atoms with E-state index in [1.165, 1.54) is 11.0 Å². The van der Waals surface area contributed by atoms with E-state index in [1.807, 2.05) is 0 Å². The van der Waals surface area contributed by atoms with E-state index in [4.69, 9.17) is 4.52 Å². The number of amides is 1. The van der Waals surface area contributed by atoms with E-state index in [0.717, 1.165) is 0 Å². The fourth-order valence-electron chi connectivity index (χ4n) is 3.11. The third-order valence-electron chi connectivity index (χ3n) is 4.42. The van der Waals surface area contributed by atoms with Gasteiger partial charge in [-0.2, -0.15) is 0 Å². The van der Waals surface area contributed by atoms with Crippen LogP contribution in [0.5, 0.6) is 0 Å². The largest absolute Gasteiger partial charge is 0.379 e. The molecule has 2 aromatic rings. The number of carbonyl (C=O) groups is 1. The Hall–Kier alpha value is -2.25. The van der Waals surface area contributed by atoms with Crippen LogP contribution in [0, 0.1) is 12.7 Å². The van der Waals surface area contributed by atoms with E-state index in [2.05, 4.69) is 10.5 Å². The number of hydrogen-bond acceptors (Lipinski definition) is 5. The summed E-state index contributed by atoms with van der Waals surface area (Å²) in [6.07, 6.45) is 1.05. The minimum absolute atomic E-state index is 0.117. The molecule has 2 heterocycles. The Kier molecular flexibility index (Phi) is 5.15. The van der Waals surface area contributed by atoms with E-state index in [0.29, 0.717) is 42.9 Å². The van der Waals surface area contributed by atoms with Crippen molar-refractivity contribution in [2.45, 2.75) is 38.5 Å². The van der Waals surface area contributed by atoms with E-state index in [1.54, 1.807) is 31.2 Å². The lowest BCUT2D eigenvalue weighted by Crippen LogP contribution is -2.57. The normalized spacial score (nSPS) is 20.9. The zero-order valence-corrected chi connectivity index (χ0v) is 14.2. The summed E-state index contributed by atoms with van der Waals surface area (Å²) < 4.78 is 18.8. The van der Waals surface area contributed by atoms with Gasteiger partial charge in [0, 0.05) is 37.8 Å². The Labute approximate surface area is 145 Å². The van der Waals surface area contributed by atoms with Crippen molar-refractivity contribution in [3.8, 4) is 0 Å². The lowest BCUT2D eigenvalue weighted by atomic mass is 9.91. The first-order valence-electron chi connectivity index (χ1n) is 8.36. The average Bonchev–Trinajstić information content (AvgIpc) is 2.99. The van der Waals surface area contributed by atoms with Crippen LogP contribution in [0.25, 0.3) is 0 Å². The van der Waals surface area contributed by atoms with E-state index < -0.39 is 5.60 Å². The molecule has 1 fully saturated rings. The van der Waals surface area contributed by atoms with Gasteiger partial charge in [-0.05, 0) is 25.8 Å². The molecule has 1 aliphatic heterocycles. The second-order valence-electron chi connectivity index (χ2n) is 6.49.